The number of amides is 2. The summed E-state index contributed by atoms with van der Waals surface area (Å²) >= 11 is 9.93. The van der Waals surface area contributed by atoms with Crippen LogP contribution in [0.25, 0.3) is 6.08 Å². The van der Waals surface area contributed by atoms with Gasteiger partial charge in [0.15, 0.2) is 0 Å². The molecule has 0 aliphatic carbocycles. The first-order valence-electron chi connectivity index (χ1n) is 6.94. The van der Waals surface area contributed by atoms with Crippen molar-refractivity contribution in [3.05, 3.63) is 68.0 Å². The highest BCUT2D eigenvalue weighted by Crippen LogP contribution is 2.31. The van der Waals surface area contributed by atoms with Crippen LogP contribution < -0.4 is 10.1 Å². The molecule has 0 aromatic heterocycles. The van der Waals surface area contributed by atoms with E-state index in [-0.39, 0.29) is 10.7 Å². The first kappa shape index (κ1) is 17.7. The van der Waals surface area contributed by atoms with Crippen molar-refractivity contribution in [2.75, 3.05) is 0 Å². The Morgan fingerprint density at radius 3 is 2.52 bits per heavy atom. The molecule has 1 heterocycles. The SMILES string of the molecule is O=C1NC(=O)/C(=C/c2cc(Br)ccc2OC(=O)c2ccc(Cl)cc2)S1. The Hall–Kier alpha value is -2.09. The van der Waals surface area contributed by atoms with E-state index in [2.05, 4.69) is 21.2 Å². The minimum Gasteiger partial charge on any atom is -0.422 e. The molecule has 0 radical (unpaired) electrons. The molecular formula is C17H9BrClNO4S. The molecule has 126 valence electrons. The van der Waals surface area contributed by atoms with Gasteiger partial charge >= 0.3 is 5.97 Å². The van der Waals surface area contributed by atoms with Gasteiger partial charge in [0.1, 0.15) is 5.75 Å². The first-order chi connectivity index (χ1) is 11.9. The second kappa shape index (κ2) is 7.43. The van der Waals surface area contributed by atoms with Crippen molar-refractivity contribution in [1.82, 2.24) is 5.32 Å². The number of hydrogen-bond donors (Lipinski definition) is 1. The summed E-state index contributed by atoms with van der Waals surface area (Å²) in [6, 6.07) is 11.3. The van der Waals surface area contributed by atoms with Crippen LogP contribution in [0, 0.1) is 0 Å². The Balaban J connectivity index is 1.90. The summed E-state index contributed by atoms with van der Waals surface area (Å²) in [4.78, 5) is 35.5. The third-order valence-corrected chi connectivity index (χ3v) is 4.74. The largest absolute Gasteiger partial charge is 0.422 e. The van der Waals surface area contributed by atoms with Gasteiger partial charge in [0, 0.05) is 15.1 Å². The smallest absolute Gasteiger partial charge is 0.343 e. The summed E-state index contributed by atoms with van der Waals surface area (Å²) in [5, 5.41) is 2.25. The van der Waals surface area contributed by atoms with Gasteiger partial charge in [-0.05, 0) is 60.3 Å². The van der Waals surface area contributed by atoms with Gasteiger partial charge in [0.2, 0.25) is 0 Å². The number of hydrogen-bond acceptors (Lipinski definition) is 5. The molecule has 3 rings (SSSR count). The number of esters is 1. The maximum Gasteiger partial charge on any atom is 0.343 e. The summed E-state index contributed by atoms with van der Waals surface area (Å²) in [7, 11) is 0. The summed E-state index contributed by atoms with van der Waals surface area (Å²) < 4.78 is 6.16. The minimum atomic E-state index is -0.557. The summed E-state index contributed by atoms with van der Waals surface area (Å²) in [6.45, 7) is 0. The zero-order chi connectivity index (χ0) is 18.0. The maximum atomic E-state index is 12.3. The van der Waals surface area contributed by atoms with Gasteiger partial charge in [-0.1, -0.05) is 27.5 Å². The predicted octanol–water partition coefficient (Wildman–Crippen LogP) is 4.65. The van der Waals surface area contributed by atoms with Gasteiger partial charge < -0.3 is 4.74 Å². The average molecular weight is 439 g/mol. The van der Waals surface area contributed by atoms with Crippen LogP contribution in [0.2, 0.25) is 5.02 Å². The van der Waals surface area contributed by atoms with Crippen molar-refractivity contribution in [3.8, 4) is 5.75 Å². The summed E-state index contributed by atoms with van der Waals surface area (Å²) in [5.41, 5.74) is 0.832. The van der Waals surface area contributed by atoms with E-state index in [1.165, 1.54) is 6.08 Å². The number of imide groups is 1. The molecule has 1 N–H and O–H groups in total. The zero-order valence-corrected chi connectivity index (χ0v) is 15.6. The van der Waals surface area contributed by atoms with E-state index in [1.54, 1.807) is 42.5 Å². The minimum absolute atomic E-state index is 0.229. The first-order valence-corrected chi connectivity index (χ1v) is 8.93. The van der Waals surface area contributed by atoms with Crippen molar-refractivity contribution >= 4 is 62.5 Å². The second-order valence-electron chi connectivity index (χ2n) is 4.93. The van der Waals surface area contributed by atoms with Crippen molar-refractivity contribution in [2.24, 2.45) is 0 Å². The quantitative estimate of drug-likeness (QED) is 0.429. The van der Waals surface area contributed by atoms with E-state index in [0.29, 0.717) is 16.1 Å². The number of carbonyl (C=O) groups excluding carboxylic acids is 3. The van der Waals surface area contributed by atoms with E-state index >= 15 is 0 Å². The van der Waals surface area contributed by atoms with Crippen LogP contribution in [0.4, 0.5) is 4.79 Å². The molecule has 25 heavy (non-hydrogen) atoms. The molecule has 8 heteroatoms. The Bertz CT molecular complexity index is 911. The standard InChI is InChI=1S/C17H9BrClNO4S/c18-11-3-6-13(24-16(22)9-1-4-12(19)5-2-9)10(7-11)8-14-15(21)20-17(23)25-14/h1-8H,(H,20,21,23)/b14-8-. The molecule has 0 saturated carbocycles. The normalized spacial score (nSPS) is 15.4. The summed E-state index contributed by atoms with van der Waals surface area (Å²) in [6.07, 6.45) is 1.50. The topological polar surface area (TPSA) is 72.5 Å². The molecule has 2 aromatic carbocycles. The molecule has 0 bridgehead atoms. The van der Waals surface area contributed by atoms with E-state index in [4.69, 9.17) is 16.3 Å². The number of benzene rings is 2. The highest BCUT2D eigenvalue weighted by Gasteiger charge is 2.25. The van der Waals surface area contributed by atoms with E-state index < -0.39 is 17.1 Å². The fourth-order valence-electron chi connectivity index (χ4n) is 2.03. The number of rotatable bonds is 3. The van der Waals surface area contributed by atoms with E-state index in [9.17, 15) is 14.4 Å². The molecule has 0 atom stereocenters. The van der Waals surface area contributed by atoms with Crippen molar-refractivity contribution in [2.45, 2.75) is 0 Å². The maximum absolute atomic E-state index is 12.3. The van der Waals surface area contributed by atoms with Crippen molar-refractivity contribution < 1.29 is 19.1 Å². The van der Waals surface area contributed by atoms with Gasteiger partial charge in [-0.3, -0.25) is 14.9 Å². The lowest BCUT2D eigenvalue weighted by atomic mass is 10.1. The van der Waals surface area contributed by atoms with Crippen LogP contribution in [-0.4, -0.2) is 17.1 Å². The van der Waals surface area contributed by atoms with Gasteiger partial charge in [0.05, 0.1) is 10.5 Å². The Morgan fingerprint density at radius 2 is 1.88 bits per heavy atom. The number of ether oxygens (including phenoxy) is 1. The van der Waals surface area contributed by atoms with Crippen LogP contribution in [0.1, 0.15) is 15.9 Å². The van der Waals surface area contributed by atoms with Crippen LogP contribution in [0.5, 0.6) is 5.75 Å². The highest BCUT2D eigenvalue weighted by atomic mass is 79.9. The third kappa shape index (κ3) is 4.31. The molecule has 1 aliphatic rings. The summed E-state index contributed by atoms with van der Waals surface area (Å²) in [5.74, 6) is -0.772. The molecule has 0 unspecified atom stereocenters. The Labute approximate surface area is 160 Å². The number of carbonyl (C=O) groups is 3. The van der Waals surface area contributed by atoms with E-state index in [1.807, 2.05) is 0 Å². The molecular weight excluding hydrogens is 430 g/mol. The fourth-order valence-corrected chi connectivity index (χ4v) is 3.21. The predicted molar refractivity (Wildman–Crippen MR) is 99.7 cm³/mol. The molecule has 1 saturated heterocycles. The highest BCUT2D eigenvalue weighted by molar-refractivity contribution is 9.10. The number of thioether (sulfide) groups is 1. The lowest BCUT2D eigenvalue weighted by molar-refractivity contribution is -0.115. The molecule has 2 aromatic rings. The van der Waals surface area contributed by atoms with Gasteiger partial charge in [-0.15, -0.1) is 0 Å². The third-order valence-electron chi connectivity index (χ3n) is 3.18. The molecule has 0 spiro atoms. The molecule has 2 amide bonds. The number of halogens is 2. The molecule has 1 aliphatic heterocycles. The Morgan fingerprint density at radius 1 is 1.16 bits per heavy atom. The number of nitrogens with one attached hydrogen (secondary N) is 1. The monoisotopic (exact) mass is 437 g/mol. The fraction of sp³-hybridized carbons (Fsp3) is 0. The lowest BCUT2D eigenvalue weighted by Crippen LogP contribution is -2.17. The van der Waals surface area contributed by atoms with Crippen LogP contribution in [-0.2, 0) is 4.79 Å². The Kier molecular flexibility index (Phi) is 5.27. The second-order valence-corrected chi connectivity index (χ2v) is 7.30. The van der Waals surface area contributed by atoms with Crippen LogP contribution in [0.15, 0.2) is 51.8 Å². The lowest BCUT2D eigenvalue weighted by Gasteiger charge is -2.09. The van der Waals surface area contributed by atoms with E-state index in [0.717, 1.165) is 16.2 Å². The average Bonchev–Trinajstić information content (AvgIpc) is 2.88. The van der Waals surface area contributed by atoms with Crippen molar-refractivity contribution in [1.29, 1.82) is 0 Å². The van der Waals surface area contributed by atoms with Crippen molar-refractivity contribution in [3.63, 3.8) is 0 Å². The zero-order valence-electron chi connectivity index (χ0n) is 12.4. The molecule has 1 fully saturated rings. The van der Waals surface area contributed by atoms with Crippen LogP contribution >= 0.6 is 39.3 Å². The van der Waals surface area contributed by atoms with Gasteiger partial charge in [-0.25, -0.2) is 4.79 Å². The van der Waals surface area contributed by atoms with Gasteiger partial charge in [0.25, 0.3) is 11.1 Å². The molecule has 5 nitrogen and oxygen atoms in total. The van der Waals surface area contributed by atoms with Crippen LogP contribution in [0.3, 0.4) is 0 Å². The van der Waals surface area contributed by atoms with Gasteiger partial charge in [-0.2, -0.15) is 0 Å².